The van der Waals surface area contributed by atoms with Crippen molar-refractivity contribution < 1.29 is 14.3 Å². The second kappa shape index (κ2) is 5.48. The topological polar surface area (TPSA) is 40.5 Å². The number of nitrogens with zero attached hydrogens (tertiary/aromatic N) is 1. The fraction of sp³-hybridized carbons (Fsp3) is 0.308. The maximum absolute atomic E-state index is 13.0. The Bertz CT molecular complexity index is 443. The number of hydrogen-bond acceptors (Lipinski definition) is 2. The monoisotopic (exact) mass is 237 g/mol. The van der Waals surface area contributed by atoms with Crippen molar-refractivity contribution in [2.75, 3.05) is 13.1 Å². The third kappa shape index (κ3) is 3.31. The predicted molar refractivity (Wildman–Crippen MR) is 64.5 cm³/mol. The van der Waals surface area contributed by atoms with Crippen LogP contribution in [0.2, 0.25) is 0 Å². The lowest BCUT2D eigenvalue weighted by Gasteiger charge is -2.21. The molecule has 0 heterocycles. The van der Waals surface area contributed by atoms with Crippen molar-refractivity contribution >= 4 is 5.91 Å². The van der Waals surface area contributed by atoms with Crippen LogP contribution in [0.5, 0.6) is 5.75 Å². The van der Waals surface area contributed by atoms with Gasteiger partial charge >= 0.3 is 0 Å². The number of hydrogen-bond donors (Lipinski definition) is 1. The fourth-order valence-corrected chi connectivity index (χ4v) is 1.50. The fourth-order valence-electron chi connectivity index (χ4n) is 1.50. The smallest absolute Gasteiger partial charge is 0.257 e. The molecular weight excluding hydrogens is 221 g/mol. The Kier molecular flexibility index (Phi) is 4.26. The number of rotatable bonds is 4. The Morgan fingerprint density at radius 1 is 1.53 bits per heavy atom. The molecule has 0 fully saturated rings. The molecule has 0 radical (unpaired) electrons. The number of carbonyl (C=O) groups excluding carboxylic acids is 1. The maximum Gasteiger partial charge on any atom is 0.257 e. The average Bonchev–Trinajstić information content (AvgIpc) is 2.28. The molecule has 0 aliphatic carbocycles. The van der Waals surface area contributed by atoms with E-state index >= 15 is 0 Å². The van der Waals surface area contributed by atoms with Crippen LogP contribution in [0.1, 0.15) is 24.2 Å². The lowest BCUT2D eigenvalue weighted by Crippen LogP contribution is -2.32. The van der Waals surface area contributed by atoms with Crippen LogP contribution in [0.25, 0.3) is 0 Å². The number of likely N-dealkylation sites (N-methyl/N-ethyl adjacent to an activating group) is 1. The van der Waals surface area contributed by atoms with Crippen LogP contribution in [-0.2, 0) is 0 Å². The Balaban J connectivity index is 3.01. The van der Waals surface area contributed by atoms with E-state index in [0.29, 0.717) is 13.1 Å². The molecular formula is C13H16FNO2. The van der Waals surface area contributed by atoms with E-state index < -0.39 is 11.7 Å². The van der Waals surface area contributed by atoms with E-state index in [2.05, 4.69) is 6.58 Å². The Labute approximate surface area is 100 Å². The SMILES string of the molecule is C=C(C)CN(CC)C(=O)c1cc(F)ccc1O. The minimum absolute atomic E-state index is 0.0203. The van der Waals surface area contributed by atoms with Crippen molar-refractivity contribution in [2.45, 2.75) is 13.8 Å². The molecule has 0 unspecified atom stereocenters. The molecule has 1 aromatic carbocycles. The predicted octanol–water partition coefficient (Wildman–Crippen LogP) is 2.57. The summed E-state index contributed by atoms with van der Waals surface area (Å²) in [6.45, 7) is 8.22. The average molecular weight is 237 g/mol. The van der Waals surface area contributed by atoms with Gasteiger partial charge in [0.25, 0.3) is 5.91 Å². The molecule has 0 bridgehead atoms. The molecule has 4 heteroatoms. The first-order chi connectivity index (χ1) is 7.95. The van der Waals surface area contributed by atoms with Gasteiger partial charge in [-0.15, -0.1) is 0 Å². The molecule has 92 valence electrons. The minimum atomic E-state index is -0.544. The standard InChI is InChI=1S/C13H16FNO2/c1-4-15(8-9(2)3)13(17)11-7-10(14)5-6-12(11)16/h5-7,16H,2,4,8H2,1,3H3. The largest absolute Gasteiger partial charge is 0.507 e. The molecule has 0 aliphatic heterocycles. The highest BCUT2D eigenvalue weighted by atomic mass is 19.1. The van der Waals surface area contributed by atoms with Crippen LogP contribution in [-0.4, -0.2) is 29.0 Å². The molecule has 1 amide bonds. The van der Waals surface area contributed by atoms with Gasteiger partial charge in [-0.05, 0) is 32.0 Å². The molecule has 0 atom stereocenters. The van der Waals surface area contributed by atoms with Gasteiger partial charge in [-0.1, -0.05) is 12.2 Å². The normalized spacial score (nSPS) is 10.1. The quantitative estimate of drug-likeness (QED) is 0.817. The zero-order chi connectivity index (χ0) is 13.0. The first-order valence-electron chi connectivity index (χ1n) is 5.38. The Morgan fingerprint density at radius 2 is 2.18 bits per heavy atom. The molecule has 0 aromatic heterocycles. The molecule has 1 N–H and O–H groups in total. The molecule has 0 spiro atoms. The molecule has 17 heavy (non-hydrogen) atoms. The van der Waals surface area contributed by atoms with Crippen LogP contribution in [0.3, 0.4) is 0 Å². The molecule has 0 aliphatic rings. The molecule has 1 rings (SSSR count). The number of benzene rings is 1. The number of halogens is 1. The number of aromatic hydroxyl groups is 1. The summed E-state index contributed by atoms with van der Waals surface area (Å²) in [5.41, 5.74) is 0.809. The van der Waals surface area contributed by atoms with Crippen molar-refractivity contribution in [3.05, 3.63) is 41.7 Å². The summed E-state index contributed by atoms with van der Waals surface area (Å²) >= 11 is 0. The lowest BCUT2D eigenvalue weighted by molar-refractivity contribution is 0.0775. The van der Waals surface area contributed by atoms with E-state index in [9.17, 15) is 14.3 Å². The first-order valence-corrected chi connectivity index (χ1v) is 5.38. The van der Waals surface area contributed by atoms with Gasteiger partial charge in [0, 0.05) is 13.1 Å². The van der Waals surface area contributed by atoms with E-state index in [0.717, 1.165) is 17.7 Å². The van der Waals surface area contributed by atoms with Crippen molar-refractivity contribution in [1.82, 2.24) is 4.90 Å². The summed E-state index contributed by atoms with van der Waals surface area (Å²) in [4.78, 5) is 13.5. The van der Waals surface area contributed by atoms with Crippen LogP contribution in [0.4, 0.5) is 4.39 Å². The summed E-state index contributed by atoms with van der Waals surface area (Å²) < 4.78 is 13.0. The Morgan fingerprint density at radius 3 is 2.71 bits per heavy atom. The summed E-state index contributed by atoms with van der Waals surface area (Å²) in [6.07, 6.45) is 0. The van der Waals surface area contributed by atoms with Crippen molar-refractivity contribution in [3.8, 4) is 5.75 Å². The van der Waals surface area contributed by atoms with E-state index in [1.807, 2.05) is 6.92 Å². The van der Waals surface area contributed by atoms with Gasteiger partial charge in [0.2, 0.25) is 0 Å². The summed E-state index contributed by atoms with van der Waals surface area (Å²) in [5, 5.41) is 9.55. The van der Waals surface area contributed by atoms with E-state index in [-0.39, 0.29) is 11.3 Å². The highest BCUT2D eigenvalue weighted by molar-refractivity contribution is 5.96. The Hall–Kier alpha value is -1.84. The number of phenols is 1. The molecule has 0 saturated heterocycles. The van der Waals surface area contributed by atoms with Gasteiger partial charge in [-0.2, -0.15) is 0 Å². The van der Waals surface area contributed by atoms with Crippen molar-refractivity contribution in [3.63, 3.8) is 0 Å². The van der Waals surface area contributed by atoms with Crippen LogP contribution in [0.15, 0.2) is 30.4 Å². The van der Waals surface area contributed by atoms with Gasteiger partial charge < -0.3 is 10.0 Å². The van der Waals surface area contributed by atoms with Crippen molar-refractivity contribution in [2.24, 2.45) is 0 Å². The van der Waals surface area contributed by atoms with E-state index in [4.69, 9.17) is 0 Å². The second-order valence-electron chi connectivity index (χ2n) is 3.94. The van der Waals surface area contributed by atoms with Crippen LogP contribution in [0, 0.1) is 5.82 Å². The molecule has 1 aromatic rings. The maximum atomic E-state index is 13.0. The van der Waals surface area contributed by atoms with Gasteiger partial charge in [0.1, 0.15) is 11.6 Å². The second-order valence-corrected chi connectivity index (χ2v) is 3.94. The lowest BCUT2D eigenvalue weighted by atomic mass is 10.1. The van der Waals surface area contributed by atoms with Crippen LogP contribution < -0.4 is 0 Å². The number of amides is 1. The molecule has 0 saturated carbocycles. The summed E-state index contributed by atoms with van der Waals surface area (Å²) in [5.74, 6) is -1.15. The van der Waals surface area contributed by atoms with E-state index in [1.54, 1.807) is 6.92 Å². The minimum Gasteiger partial charge on any atom is -0.507 e. The van der Waals surface area contributed by atoms with Crippen molar-refractivity contribution in [1.29, 1.82) is 0 Å². The third-order valence-electron chi connectivity index (χ3n) is 2.32. The highest BCUT2D eigenvalue weighted by Gasteiger charge is 2.18. The zero-order valence-corrected chi connectivity index (χ0v) is 10.0. The van der Waals surface area contributed by atoms with Gasteiger partial charge in [0.15, 0.2) is 0 Å². The van der Waals surface area contributed by atoms with Gasteiger partial charge in [-0.25, -0.2) is 4.39 Å². The molecule has 3 nitrogen and oxygen atoms in total. The van der Waals surface area contributed by atoms with Gasteiger partial charge in [0.05, 0.1) is 5.56 Å². The summed E-state index contributed by atoms with van der Waals surface area (Å²) in [7, 11) is 0. The van der Waals surface area contributed by atoms with Gasteiger partial charge in [-0.3, -0.25) is 4.79 Å². The van der Waals surface area contributed by atoms with E-state index in [1.165, 1.54) is 11.0 Å². The number of carbonyl (C=O) groups is 1. The van der Waals surface area contributed by atoms with Crippen LogP contribution >= 0.6 is 0 Å². The number of phenolic OH excluding ortho intramolecular Hbond substituents is 1. The zero-order valence-electron chi connectivity index (χ0n) is 10.0. The third-order valence-corrected chi connectivity index (χ3v) is 2.32. The summed E-state index contributed by atoms with van der Waals surface area (Å²) in [6, 6.07) is 3.33. The highest BCUT2D eigenvalue weighted by Crippen LogP contribution is 2.20. The first kappa shape index (κ1) is 13.2.